The zero-order chi connectivity index (χ0) is 14.2. The molecule has 2 N–H and O–H groups in total. The van der Waals surface area contributed by atoms with Gasteiger partial charge in [-0.25, -0.2) is 0 Å². The van der Waals surface area contributed by atoms with Crippen molar-refractivity contribution in [2.45, 2.75) is 31.7 Å². The second-order valence-corrected chi connectivity index (χ2v) is 6.29. The standard InChI is InChI=1S/C16H21N3O2/c20-16(11-5-1-2-6-11)17-19-9-12-10-21-18-15(12)13-7-3-4-8-14(13)19/h3-4,7-8,11-12,15,18H,1-2,5-6,9-10H2,(H,17,20). The van der Waals surface area contributed by atoms with Crippen molar-refractivity contribution < 1.29 is 9.63 Å². The molecule has 21 heavy (non-hydrogen) atoms. The zero-order valence-electron chi connectivity index (χ0n) is 12.0. The topological polar surface area (TPSA) is 53.6 Å². The lowest BCUT2D eigenvalue weighted by Gasteiger charge is -2.37. The van der Waals surface area contributed by atoms with Gasteiger partial charge in [0.25, 0.3) is 0 Å². The molecule has 0 spiro atoms. The third kappa shape index (κ3) is 2.30. The Morgan fingerprint density at radius 2 is 2.10 bits per heavy atom. The smallest absolute Gasteiger partial charge is 0.241 e. The van der Waals surface area contributed by atoms with E-state index in [-0.39, 0.29) is 17.9 Å². The first-order chi connectivity index (χ1) is 10.3. The summed E-state index contributed by atoms with van der Waals surface area (Å²) >= 11 is 0. The molecule has 1 amide bonds. The van der Waals surface area contributed by atoms with Crippen molar-refractivity contribution in [3.8, 4) is 0 Å². The summed E-state index contributed by atoms with van der Waals surface area (Å²) in [6, 6.07) is 8.48. The SMILES string of the molecule is O=C(NN1CC2CONC2c2ccccc21)C1CCCC1. The van der Waals surface area contributed by atoms with E-state index in [2.05, 4.69) is 23.0 Å². The number of rotatable bonds is 2. The highest BCUT2D eigenvalue weighted by Crippen LogP contribution is 2.38. The Labute approximate surface area is 124 Å². The van der Waals surface area contributed by atoms with Crippen molar-refractivity contribution in [1.82, 2.24) is 10.9 Å². The number of carbonyl (C=O) groups is 1. The maximum Gasteiger partial charge on any atom is 0.241 e. The van der Waals surface area contributed by atoms with Crippen LogP contribution in [0.4, 0.5) is 5.69 Å². The van der Waals surface area contributed by atoms with Gasteiger partial charge in [0.05, 0.1) is 18.3 Å². The summed E-state index contributed by atoms with van der Waals surface area (Å²) < 4.78 is 0. The number of carbonyl (C=O) groups excluding carboxylic acids is 1. The number of fused-ring (bicyclic) bond motifs is 3. The molecule has 1 aromatic rings. The Balaban J connectivity index is 1.57. The Bertz CT molecular complexity index is 542. The quantitative estimate of drug-likeness (QED) is 0.872. The van der Waals surface area contributed by atoms with Crippen LogP contribution in [0.25, 0.3) is 0 Å². The Morgan fingerprint density at radius 1 is 1.29 bits per heavy atom. The van der Waals surface area contributed by atoms with Crippen LogP contribution in [-0.4, -0.2) is 19.1 Å². The summed E-state index contributed by atoms with van der Waals surface area (Å²) in [5.41, 5.74) is 8.54. The monoisotopic (exact) mass is 287 g/mol. The van der Waals surface area contributed by atoms with Gasteiger partial charge in [-0.1, -0.05) is 31.0 Å². The predicted octanol–water partition coefficient (Wildman–Crippen LogP) is 1.92. The molecule has 0 bridgehead atoms. The minimum absolute atomic E-state index is 0.174. The molecule has 2 atom stereocenters. The maximum atomic E-state index is 12.4. The van der Waals surface area contributed by atoms with Crippen LogP contribution >= 0.6 is 0 Å². The maximum absolute atomic E-state index is 12.4. The minimum Gasteiger partial charge on any atom is -0.301 e. The van der Waals surface area contributed by atoms with Gasteiger partial charge in [-0.2, -0.15) is 5.48 Å². The molecule has 3 aliphatic rings. The van der Waals surface area contributed by atoms with Crippen LogP contribution in [0.3, 0.4) is 0 Å². The van der Waals surface area contributed by atoms with Crippen LogP contribution in [0.5, 0.6) is 0 Å². The zero-order valence-corrected chi connectivity index (χ0v) is 12.0. The molecule has 0 radical (unpaired) electrons. The molecule has 1 saturated carbocycles. The van der Waals surface area contributed by atoms with Crippen LogP contribution in [-0.2, 0) is 9.63 Å². The first-order valence-electron chi connectivity index (χ1n) is 7.87. The molecule has 1 saturated heterocycles. The van der Waals surface area contributed by atoms with E-state index in [9.17, 15) is 4.79 Å². The normalized spacial score (nSPS) is 28.3. The molecule has 0 aromatic heterocycles. The molecule has 5 heteroatoms. The molecule has 2 fully saturated rings. The second-order valence-electron chi connectivity index (χ2n) is 6.29. The number of anilines is 1. The number of para-hydroxylation sites is 1. The van der Waals surface area contributed by atoms with E-state index < -0.39 is 0 Å². The van der Waals surface area contributed by atoms with Crippen LogP contribution < -0.4 is 15.9 Å². The largest absolute Gasteiger partial charge is 0.301 e. The second kappa shape index (κ2) is 5.31. The number of nitrogens with zero attached hydrogens (tertiary/aromatic N) is 1. The average molecular weight is 287 g/mol. The summed E-state index contributed by atoms with van der Waals surface area (Å²) in [5, 5.41) is 2.02. The minimum atomic E-state index is 0.174. The predicted molar refractivity (Wildman–Crippen MR) is 79.2 cm³/mol. The number of hydrogen-bond donors (Lipinski definition) is 2. The Hall–Kier alpha value is -1.59. The Morgan fingerprint density at radius 3 is 2.95 bits per heavy atom. The van der Waals surface area contributed by atoms with Crippen molar-refractivity contribution in [2.75, 3.05) is 18.2 Å². The first-order valence-corrected chi connectivity index (χ1v) is 7.87. The number of hydrogen-bond acceptors (Lipinski definition) is 4. The molecule has 4 rings (SSSR count). The average Bonchev–Trinajstić information content (AvgIpc) is 3.18. The molecule has 1 aliphatic carbocycles. The lowest BCUT2D eigenvalue weighted by atomic mass is 9.90. The van der Waals surface area contributed by atoms with Gasteiger partial charge in [-0.05, 0) is 24.5 Å². The van der Waals surface area contributed by atoms with Gasteiger partial charge >= 0.3 is 0 Å². The molecular weight excluding hydrogens is 266 g/mol. The van der Waals surface area contributed by atoms with E-state index in [0.717, 1.165) is 25.1 Å². The highest BCUT2D eigenvalue weighted by molar-refractivity contribution is 5.81. The van der Waals surface area contributed by atoms with Crippen LogP contribution in [0.2, 0.25) is 0 Å². The fourth-order valence-electron chi connectivity index (χ4n) is 3.76. The summed E-state index contributed by atoms with van der Waals surface area (Å²) in [6.45, 7) is 1.49. The first kappa shape index (κ1) is 13.1. The third-order valence-corrected chi connectivity index (χ3v) is 4.93. The van der Waals surface area contributed by atoms with E-state index in [0.29, 0.717) is 12.5 Å². The highest BCUT2D eigenvalue weighted by Gasteiger charge is 2.38. The molecule has 2 heterocycles. The summed E-state index contributed by atoms with van der Waals surface area (Å²) in [5.74, 6) is 0.740. The van der Waals surface area contributed by atoms with Gasteiger partial charge in [-0.15, -0.1) is 0 Å². The fourth-order valence-corrected chi connectivity index (χ4v) is 3.76. The van der Waals surface area contributed by atoms with Gasteiger partial charge in [0, 0.05) is 18.4 Å². The fraction of sp³-hybridized carbons (Fsp3) is 0.562. The molecule has 2 unspecified atom stereocenters. The third-order valence-electron chi connectivity index (χ3n) is 4.93. The summed E-state index contributed by atoms with van der Waals surface area (Å²) in [6.07, 6.45) is 4.41. The van der Waals surface area contributed by atoms with Crippen molar-refractivity contribution in [1.29, 1.82) is 0 Å². The van der Waals surface area contributed by atoms with E-state index in [1.54, 1.807) is 0 Å². The summed E-state index contributed by atoms with van der Waals surface area (Å²) in [7, 11) is 0. The Kier molecular flexibility index (Phi) is 3.31. The van der Waals surface area contributed by atoms with Crippen LogP contribution in [0.1, 0.15) is 37.3 Å². The van der Waals surface area contributed by atoms with Crippen LogP contribution in [0, 0.1) is 11.8 Å². The molecule has 2 aliphatic heterocycles. The lowest BCUT2D eigenvalue weighted by Crippen LogP contribution is -2.50. The van der Waals surface area contributed by atoms with Crippen LogP contribution in [0.15, 0.2) is 24.3 Å². The van der Waals surface area contributed by atoms with Gasteiger partial charge in [0.15, 0.2) is 0 Å². The lowest BCUT2D eigenvalue weighted by molar-refractivity contribution is -0.125. The van der Waals surface area contributed by atoms with E-state index in [1.165, 1.54) is 18.4 Å². The van der Waals surface area contributed by atoms with Gasteiger partial charge in [0.1, 0.15) is 0 Å². The molecule has 112 valence electrons. The number of nitrogens with one attached hydrogen (secondary N) is 2. The van der Waals surface area contributed by atoms with Crippen molar-refractivity contribution in [3.63, 3.8) is 0 Å². The van der Waals surface area contributed by atoms with Gasteiger partial charge < -0.3 is 4.84 Å². The number of hydroxylamine groups is 1. The number of hydrazine groups is 1. The van der Waals surface area contributed by atoms with E-state index >= 15 is 0 Å². The summed E-state index contributed by atoms with van der Waals surface area (Å²) in [4.78, 5) is 17.8. The highest BCUT2D eigenvalue weighted by atomic mass is 16.7. The van der Waals surface area contributed by atoms with Crippen molar-refractivity contribution in [3.05, 3.63) is 29.8 Å². The van der Waals surface area contributed by atoms with E-state index in [1.807, 2.05) is 17.1 Å². The van der Waals surface area contributed by atoms with Gasteiger partial charge in [0.2, 0.25) is 5.91 Å². The number of amides is 1. The van der Waals surface area contributed by atoms with Crippen molar-refractivity contribution in [2.24, 2.45) is 11.8 Å². The molecule has 5 nitrogen and oxygen atoms in total. The molecular formula is C16H21N3O2. The molecule has 1 aromatic carbocycles. The van der Waals surface area contributed by atoms with Gasteiger partial charge in [-0.3, -0.25) is 15.2 Å². The number of benzene rings is 1. The van der Waals surface area contributed by atoms with Crippen molar-refractivity contribution >= 4 is 11.6 Å². The van der Waals surface area contributed by atoms with E-state index in [4.69, 9.17) is 4.84 Å².